The topological polar surface area (TPSA) is 21.3 Å². The largest absolute Gasteiger partial charge is 0.376 e. The minimum absolute atomic E-state index is 0.0729. The Morgan fingerprint density at radius 1 is 1.88 bits per heavy atom. The molecule has 0 aromatic heterocycles. The summed E-state index contributed by atoms with van der Waals surface area (Å²) in [5.74, 6) is 0. The SMILES string of the molecule is [2H]C([2H])([2H])C1OCCNC1C. The first kappa shape index (κ1) is 3.18. The minimum Gasteiger partial charge on any atom is -0.376 e. The van der Waals surface area contributed by atoms with Gasteiger partial charge in [-0.3, -0.25) is 0 Å². The summed E-state index contributed by atoms with van der Waals surface area (Å²) in [7, 11) is 0. The Morgan fingerprint density at radius 2 is 2.75 bits per heavy atom. The van der Waals surface area contributed by atoms with Gasteiger partial charge in [0.15, 0.2) is 0 Å². The fourth-order valence-electron chi connectivity index (χ4n) is 0.724. The van der Waals surface area contributed by atoms with E-state index >= 15 is 0 Å². The molecule has 2 unspecified atom stereocenters. The fraction of sp³-hybridized carbons (Fsp3) is 1.00. The van der Waals surface area contributed by atoms with Crippen LogP contribution < -0.4 is 5.32 Å². The quantitative estimate of drug-likeness (QED) is 0.496. The maximum Gasteiger partial charge on any atom is 0.0697 e. The minimum atomic E-state index is -1.99. The highest BCUT2D eigenvalue weighted by molar-refractivity contribution is 4.71. The molecule has 0 bridgehead atoms. The Hall–Kier alpha value is -0.0800. The summed E-state index contributed by atoms with van der Waals surface area (Å²) < 4.78 is 26.5. The van der Waals surface area contributed by atoms with Crippen molar-refractivity contribution in [2.45, 2.75) is 25.9 Å². The van der Waals surface area contributed by atoms with Crippen LogP contribution in [0, 0.1) is 0 Å². The molecule has 0 aromatic carbocycles. The molecule has 1 saturated heterocycles. The van der Waals surface area contributed by atoms with Crippen LogP contribution in [0.1, 0.15) is 17.9 Å². The van der Waals surface area contributed by atoms with Crippen LogP contribution >= 0.6 is 0 Å². The van der Waals surface area contributed by atoms with Crippen molar-refractivity contribution in [2.75, 3.05) is 13.2 Å². The Morgan fingerprint density at radius 3 is 3.25 bits per heavy atom. The first-order chi connectivity index (χ1) is 5.02. The summed E-state index contributed by atoms with van der Waals surface area (Å²) in [6, 6.07) is -0.0729. The predicted octanol–water partition coefficient (Wildman–Crippen LogP) is 0.383. The van der Waals surface area contributed by atoms with E-state index in [1.807, 2.05) is 6.92 Å². The van der Waals surface area contributed by atoms with Gasteiger partial charge in [0.05, 0.1) is 12.7 Å². The van der Waals surface area contributed by atoms with Gasteiger partial charge in [0, 0.05) is 16.7 Å². The van der Waals surface area contributed by atoms with Crippen molar-refractivity contribution in [1.82, 2.24) is 5.32 Å². The fourth-order valence-corrected chi connectivity index (χ4v) is 0.724. The number of ether oxygens (including phenoxy) is 1. The molecule has 1 heterocycles. The maximum atomic E-state index is 7.13. The first-order valence-electron chi connectivity index (χ1n) is 4.37. The molecule has 1 fully saturated rings. The molecule has 2 nitrogen and oxygen atoms in total. The van der Waals surface area contributed by atoms with Gasteiger partial charge in [-0.15, -0.1) is 0 Å². The molecular weight excluding hydrogens is 102 g/mol. The lowest BCUT2D eigenvalue weighted by molar-refractivity contribution is 0.0135. The highest BCUT2D eigenvalue weighted by atomic mass is 16.5. The van der Waals surface area contributed by atoms with Crippen molar-refractivity contribution >= 4 is 0 Å². The lowest BCUT2D eigenvalue weighted by Crippen LogP contribution is -2.44. The van der Waals surface area contributed by atoms with Crippen LogP contribution in [0.2, 0.25) is 0 Å². The van der Waals surface area contributed by atoms with Crippen molar-refractivity contribution in [3.05, 3.63) is 0 Å². The van der Waals surface area contributed by atoms with Gasteiger partial charge in [0.25, 0.3) is 0 Å². The summed E-state index contributed by atoms with van der Waals surface area (Å²) >= 11 is 0. The number of nitrogens with one attached hydrogen (secondary N) is 1. The summed E-state index contributed by atoms with van der Waals surface area (Å²) in [4.78, 5) is 0. The molecule has 1 N–H and O–H groups in total. The zero-order valence-electron chi connectivity index (χ0n) is 7.98. The molecule has 2 heteroatoms. The summed E-state index contributed by atoms with van der Waals surface area (Å²) in [6.07, 6.45) is -0.642. The number of hydrogen-bond donors (Lipinski definition) is 1. The van der Waals surface area contributed by atoms with Gasteiger partial charge in [-0.1, -0.05) is 0 Å². The molecule has 0 aliphatic carbocycles. The smallest absolute Gasteiger partial charge is 0.0697 e. The third-order valence-corrected chi connectivity index (χ3v) is 1.32. The van der Waals surface area contributed by atoms with Gasteiger partial charge in [0.2, 0.25) is 0 Å². The van der Waals surface area contributed by atoms with Gasteiger partial charge >= 0.3 is 0 Å². The molecule has 8 heavy (non-hydrogen) atoms. The Balaban J connectivity index is 2.55. The van der Waals surface area contributed by atoms with Crippen LogP contribution in [0.15, 0.2) is 0 Å². The summed E-state index contributed by atoms with van der Waals surface area (Å²) in [5, 5.41) is 3.05. The first-order valence-corrected chi connectivity index (χ1v) is 2.87. The second kappa shape index (κ2) is 2.46. The second-order valence-corrected chi connectivity index (χ2v) is 2.03. The third kappa shape index (κ3) is 1.20. The third-order valence-electron chi connectivity index (χ3n) is 1.32. The summed E-state index contributed by atoms with van der Waals surface area (Å²) in [6.45, 7) is 1.07. The molecule has 0 spiro atoms. The molecule has 0 radical (unpaired) electrons. The molecule has 1 aliphatic rings. The zero-order chi connectivity index (χ0) is 8.48. The van der Waals surface area contributed by atoms with Gasteiger partial charge < -0.3 is 10.1 Å². The number of hydrogen-bond acceptors (Lipinski definition) is 2. The van der Waals surface area contributed by atoms with Gasteiger partial charge in [-0.25, -0.2) is 0 Å². The molecular formula is C6H13NO. The Kier molecular flexibility index (Phi) is 0.980. The normalized spacial score (nSPS) is 46.9. The van der Waals surface area contributed by atoms with E-state index in [1.165, 1.54) is 0 Å². The molecule has 0 amide bonds. The number of rotatable bonds is 0. The molecule has 0 saturated carbocycles. The van der Waals surface area contributed by atoms with Crippen molar-refractivity contribution in [2.24, 2.45) is 0 Å². The molecule has 48 valence electrons. The van der Waals surface area contributed by atoms with Gasteiger partial charge in [-0.2, -0.15) is 0 Å². The molecule has 1 rings (SSSR count). The van der Waals surface area contributed by atoms with E-state index < -0.39 is 13.0 Å². The van der Waals surface area contributed by atoms with E-state index in [0.717, 1.165) is 6.54 Å². The Labute approximate surface area is 54.4 Å². The van der Waals surface area contributed by atoms with Crippen LogP contribution in [-0.2, 0) is 4.74 Å². The average molecular weight is 118 g/mol. The lowest BCUT2D eigenvalue weighted by Gasteiger charge is -2.26. The van der Waals surface area contributed by atoms with Crippen molar-refractivity contribution in [3.63, 3.8) is 0 Å². The van der Waals surface area contributed by atoms with E-state index in [2.05, 4.69) is 5.32 Å². The van der Waals surface area contributed by atoms with Crippen molar-refractivity contribution in [3.8, 4) is 0 Å². The van der Waals surface area contributed by atoms with E-state index in [0.29, 0.717) is 6.61 Å². The zero-order valence-corrected chi connectivity index (χ0v) is 4.98. The monoisotopic (exact) mass is 118 g/mol. The summed E-state index contributed by atoms with van der Waals surface area (Å²) in [5.41, 5.74) is 0. The van der Waals surface area contributed by atoms with Gasteiger partial charge in [0.1, 0.15) is 0 Å². The lowest BCUT2D eigenvalue weighted by atomic mass is 10.2. The van der Waals surface area contributed by atoms with E-state index in [1.54, 1.807) is 0 Å². The van der Waals surface area contributed by atoms with Gasteiger partial charge in [-0.05, 0) is 13.8 Å². The Bertz CT molecular complexity index is 136. The van der Waals surface area contributed by atoms with Crippen LogP contribution in [-0.4, -0.2) is 25.3 Å². The second-order valence-electron chi connectivity index (χ2n) is 2.03. The van der Waals surface area contributed by atoms with Crippen molar-refractivity contribution < 1.29 is 8.85 Å². The van der Waals surface area contributed by atoms with E-state index in [-0.39, 0.29) is 6.04 Å². The van der Waals surface area contributed by atoms with E-state index in [9.17, 15) is 0 Å². The molecule has 0 aromatic rings. The van der Waals surface area contributed by atoms with Crippen LogP contribution in [0.4, 0.5) is 0 Å². The number of morpholine rings is 1. The highest BCUT2D eigenvalue weighted by Crippen LogP contribution is 2.00. The van der Waals surface area contributed by atoms with Crippen LogP contribution in [0.3, 0.4) is 0 Å². The van der Waals surface area contributed by atoms with E-state index in [4.69, 9.17) is 8.85 Å². The predicted molar refractivity (Wildman–Crippen MR) is 32.9 cm³/mol. The van der Waals surface area contributed by atoms with Crippen LogP contribution in [0.25, 0.3) is 0 Å². The maximum absolute atomic E-state index is 7.13. The average Bonchev–Trinajstić information content (AvgIpc) is 1.86. The van der Waals surface area contributed by atoms with Crippen LogP contribution in [0.5, 0.6) is 0 Å². The molecule has 2 atom stereocenters. The van der Waals surface area contributed by atoms with Crippen molar-refractivity contribution in [1.29, 1.82) is 0 Å². The standard InChI is InChI=1S/C6H13NO/c1-5-6(2)8-4-3-7-5/h5-7H,3-4H2,1-2H3/i2D3. The molecule has 1 aliphatic heterocycles. The highest BCUT2D eigenvalue weighted by Gasteiger charge is 2.15.